The Balaban J connectivity index is 1.95. The fraction of sp³-hybridized carbons (Fsp3) is 0.375. The maximum Gasteiger partial charge on any atom is 0.266 e. The van der Waals surface area contributed by atoms with E-state index in [9.17, 15) is 8.42 Å². The van der Waals surface area contributed by atoms with Crippen molar-refractivity contribution < 1.29 is 22.4 Å². The van der Waals surface area contributed by atoms with E-state index in [4.69, 9.17) is 14.0 Å². The SMILES string of the molecule is COc1cc(C)c(C)cc1S(=O)(=O)NOCCCc1ccco1. The molecule has 0 aliphatic carbocycles. The minimum atomic E-state index is -3.80. The van der Waals surface area contributed by atoms with Gasteiger partial charge in [0.25, 0.3) is 10.0 Å². The standard InChI is InChI=1S/C16H21NO5S/c1-12-10-15(20-3)16(11-13(12)2)23(18,19)17-22-9-5-7-14-6-4-8-21-14/h4,6,8,10-11,17H,5,7,9H2,1-3H3. The van der Waals surface area contributed by atoms with Crippen LogP contribution in [0.2, 0.25) is 0 Å². The van der Waals surface area contributed by atoms with Crippen LogP contribution in [0.1, 0.15) is 23.3 Å². The van der Waals surface area contributed by atoms with Crippen molar-refractivity contribution in [2.75, 3.05) is 13.7 Å². The highest BCUT2D eigenvalue weighted by molar-refractivity contribution is 7.89. The lowest BCUT2D eigenvalue weighted by atomic mass is 10.1. The van der Waals surface area contributed by atoms with Crippen molar-refractivity contribution in [2.45, 2.75) is 31.6 Å². The van der Waals surface area contributed by atoms with E-state index >= 15 is 0 Å². The Bertz CT molecular complexity index is 738. The molecule has 0 atom stereocenters. The Morgan fingerprint density at radius 1 is 1.22 bits per heavy atom. The first-order chi connectivity index (χ1) is 10.9. The van der Waals surface area contributed by atoms with Crippen LogP contribution >= 0.6 is 0 Å². The number of benzene rings is 1. The highest BCUT2D eigenvalue weighted by Gasteiger charge is 2.20. The fourth-order valence-corrected chi connectivity index (χ4v) is 3.14. The van der Waals surface area contributed by atoms with Crippen molar-refractivity contribution >= 4 is 10.0 Å². The monoisotopic (exact) mass is 339 g/mol. The van der Waals surface area contributed by atoms with Crippen LogP contribution < -0.4 is 9.62 Å². The third kappa shape index (κ3) is 4.57. The Morgan fingerprint density at radius 3 is 2.61 bits per heavy atom. The lowest BCUT2D eigenvalue weighted by molar-refractivity contribution is 0.0904. The van der Waals surface area contributed by atoms with Gasteiger partial charge in [-0.2, -0.15) is 0 Å². The molecule has 23 heavy (non-hydrogen) atoms. The maximum atomic E-state index is 12.3. The fourth-order valence-electron chi connectivity index (χ4n) is 2.07. The zero-order valence-electron chi connectivity index (χ0n) is 13.5. The first kappa shape index (κ1) is 17.5. The molecule has 1 aromatic heterocycles. The van der Waals surface area contributed by atoms with Gasteiger partial charge in [0.1, 0.15) is 16.4 Å². The Labute approximate surface area is 136 Å². The molecule has 0 aliphatic heterocycles. The van der Waals surface area contributed by atoms with Crippen LogP contribution in [-0.4, -0.2) is 22.1 Å². The lowest BCUT2D eigenvalue weighted by Crippen LogP contribution is -2.25. The summed E-state index contributed by atoms with van der Waals surface area (Å²) in [6, 6.07) is 6.94. The Morgan fingerprint density at radius 2 is 1.96 bits per heavy atom. The second kappa shape index (κ2) is 7.63. The predicted molar refractivity (Wildman–Crippen MR) is 85.8 cm³/mol. The van der Waals surface area contributed by atoms with Crippen LogP contribution in [0.3, 0.4) is 0 Å². The van der Waals surface area contributed by atoms with Gasteiger partial charge in [-0.15, -0.1) is 0 Å². The summed E-state index contributed by atoms with van der Waals surface area (Å²) >= 11 is 0. The van der Waals surface area contributed by atoms with Crippen LogP contribution in [0.4, 0.5) is 0 Å². The number of nitrogens with one attached hydrogen (secondary N) is 1. The summed E-state index contributed by atoms with van der Waals surface area (Å²) < 4.78 is 35.0. The van der Waals surface area contributed by atoms with Crippen LogP contribution in [0.25, 0.3) is 0 Å². The van der Waals surface area contributed by atoms with Crippen LogP contribution in [0.15, 0.2) is 39.8 Å². The highest BCUT2D eigenvalue weighted by atomic mass is 32.2. The van der Waals surface area contributed by atoms with Gasteiger partial charge in [0, 0.05) is 6.42 Å². The quantitative estimate of drug-likeness (QED) is 0.591. The molecule has 0 fully saturated rings. The molecule has 6 nitrogen and oxygen atoms in total. The van der Waals surface area contributed by atoms with Crippen molar-refractivity contribution in [3.8, 4) is 5.75 Å². The van der Waals surface area contributed by atoms with E-state index in [-0.39, 0.29) is 11.5 Å². The van der Waals surface area contributed by atoms with Gasteiger partial charge in [-0.1, -0.05) is 4.89 Å². The van der Waals surface area contributed by atoms with Crippen molar-refractivity contribution in [2.24, 2.45) is 0 Å². The van der Waals surface area contributed by atoms with Crippen molar-refractivity contribution in [1.82, 2.24) is 4.89 Å². The summed E-state index contributed by atoms with van der Waals surface area (Å²) in [7, 11) is -2.36. The van der Waals surface area contributed by atoms with Crippen molar-refractivity contribution in [1.29, 1.82) is 0 Å². The van der Waals surface area contributed by atoms with E-state index < -0.39 is 10.0 Å². The largest absolute Gasteiger partial charge is 0.495 e. The third-order valence-corrected chi connectivity index (χ3v) is 4.72. The molecular formula is C16H21NO5S. The number of hydrogen-bond acceptors (Lipinski definition) is 5. The summed E-state index contributed by atoms with van der Waals surface area (Å²) in [5.41, 5.74) is 1.82. The predicted octanol–water partition coefficient (Wildman–Crippen LogP) is 2.75. The van der Waals surface area contributed by atoms with Gasteiger partial charge in [-0.25, -0.2) is 8.42 Å². The average molecular weight is 339 g/mol. The van der Waals surface area contributed by atoms with E-state index in [0.717, 1.165) is 16.9 Å². The molecule has 0 radical (unpaired) electrons. The lowest BCUT2D eigenvalue weighted by Gasteiger charge is -2.13. The summed E-state index contributed by atoms with van der Waals surface area (Å²) in [5, 5.41) is 0. The number of aryl methyl sites for hydroxylation is 3. The molecule has 0 bridgehead atoms. The zero-order valence-corrected chi connectivity index (χ0v) is 14.3. The van der Waals surface area contributed by atoms with Crippen molar-refractivity contribution in [3.05, 3.63) is 47.4 Å². The minimum absolute atomic E-state index is 0.0640. The summed E-state index contributed by atoms with van der Waals surface area (Å²) in [5.74, 6) is 1.13. The van der Waals surface area contributed by atoms with E-state index in [1.165, 1.54) is 7.11 Å². The second-order valence-corrected chi connectivity index (χ2v) is 6.82. The molecule has 1 N–H and O–H groups in total. The molecule has 0 aliphatic rings. The molecule has 126 valence electrons. The summed E-state index contributed by atoms with van der Waals surface area (Å²) in [6.45, 7) is 3.98. The molecule has 1 aromatic carbocycles. The Kier molecular flexibility index (Phi) is 5.81. The minimum Gasteiger partial charge on any atom is -0.495 e. The molecule has 0 saturated carbocycles. The number of furan rings is 1. The number of rotatable bonds is 8. The summed E-state index contributed by atoms with van der Waals surface area (Å²) in [4.78, 5) is 7.29. The Hall–Kier alpha value is -1.83. The molecule has 1 heterocycles. The third-order valence-electron chi connectivity index (χ3n) is 3.49. The van der Waals surface area contributed by atoms with Crippen molar-refractivity contribution in [3.63, 3.8) is 0 Å². The molecule has 2 aromatic rings. The van der Waals surface area contributed by atoms with Gasteiger partial charge in [0.15, 0.2) is 0 Å². The average Bonchev–Trinajstić information content (AvgIpc) is 3.02. The molecule has 0 saturated heterocycles. The van der Waals surface area contributed by atoms with Gasteiger partial charge >= 0.3 is 0 Å². The number of ether oxygens (including phenoxy) is 1. The van der Waals surface area contributed by atoms with Gasteiger partial charge in [-0.3, -0.25) is 4.84 Å². The van der Waals surface area contributed by atoms with E-state index in [0.29, 0.717) is 18.6 Å². The van der Waals surface area contributed by atoms with Crippen LogP contribution in [0, 0.1) is 13.8 Å². The normalized spacial score (nSPS) is 11.6. The molecule has 0 unspecified atom stereocenters. The van der Waals surface area contributed by atoms with Gasteiger partial charge < -0.3 is 9.15 Å². The molecule has 0 spiro atoms. The second-order valence-electron chi connectivity index (χ2n) is 5.21. The summed E-state index contributed by atoms with van der Waals surface area (Å²) in [6.07, 6.45) is 2.92. The van der Waals surface area contributed by atoms with Gasteiger partial charge in [0.2, 0.25) is 0 Å². The van der Waals surface area contributed by atoms with Gasteiger partial charge in [0.05, 0.1) is 20.0 Å². The number of hydrogen-bond donors (Lipinski definition) is 1. The molecule has 7 heteroatoms. The molecule has 2 rings (SSSR count). The number of sulfonamides is 1. The van der Waals surface area contributed by atoms with Crippen LogP contribution in [-0.2, 0) is 21.3 Å². The van der Waals surface area contributed by atoms with E-state index in [1.807, 2.05) is 26.0 Å². The molecular weight excluding hydrogens is 318 g/mol. The van der Waals surface area contributed by atoms with Gasteiger partial charge in [-0.05, 0) is 55.7 Å². The van der Waals surface area contributed by atoms with Crippen LogP contribution in [0.5, 0.6) is 5.75 Å². The van der Waals surface area contributed by atoms with E-state index in [2.05, 4.69) is 4.89 Å². The molecule has 0 amide bonds. The topological polar surface area (TPSA) is 77.8 Å². The first-order valence-corrected chi connectivity index (χ1v) is 8.73. The first-order valence-electron chi connectivity index (χ1n) is 7.25. The van der Waals surface area contributed by atoms with E-state index in [1.54, 1.807) is 18.4 Å². The maximum absolute atomic E-state index is 12.3. The number of methoxy groups -OCH3 is 1. The zero-order chi connectivity index (χ0) is 16.9. The highest BCUT2D eigenvalue weighted by Crippen LogP contribution is 2.27. The smallest absolute Gasteiger partial charge is 0.266 e.